The molecule has 0 aliphatic rings. The third-order valence-corrected chi connectivity index (χ3v) is 2.80. The molecule has 2 N–H and O–H groups in total. The summed E-state index contributed by atoms with van der Waals surface area (Å²) in [5, 5.41) is 6.75. The minimum atomic E-state index is -0.424. The van der Waals surface area contributed by atoms with Crippen LogP contribution in [-0.4, -0.2) is 31.3 Å². The quantitative estimate of drug-likeness (QED) is 0.639. The van der Waals surface area contributed by atoms with Gasteiger partial charge in [0.25, 0.3) is 0 Å². The van der Waals surface area contributed by atoms with Crippen molar-refractivity contribution in [2.75, 3.05) is 14.2 Å². The van der Waals surface area contributed by atoms with Crippen LogP contribution in [0.5, 0.6) is 5.75 Å². The molecule has 0 amide bonds. The first-order chi connectivity index (χ1) is 9.47. The van der Waals surface area contributed by atoms with E-state index in [4.69, 9.17) is 21.7 Å². The summed E-state index contributed by atoms with van der Waals surface area (Å²) in [6, 6.07) is 5.62. The van der Waals surface area contributed by atoms with Crippen molar-refractivity contribution in [1.29, 1.82) is 0 Å². The molecule has 5 nitrogen and oxygen atoms in total. The summed E-state index contributed by atoms with van der Waals surface area (Å²) in [5.74, 6) is 0.0649. The molecule has 0 radical (unpaired) electrons. The molecule has 20 heavy (non-hydrogen) atoms. The Morgan fingerprint density at radius 3 is 2.60 bits per heavy atom. The molecule has 0 fully saturated rings. The molecule has 6 heteroatoms. The lowest BCUT2D eigenvalue weighted by atomic mass is 10.1. The van der Waals surface area contributed by atoms with Crippen LogP contribution < -0.4 is 15.4 Å². The molecule has 0 spiro atoms. The molecule has 0 aliphatic heterocycles. The normalized spacial score (nSPS) is 10.1. The molecule has 0 aliphatic carbocycles. The van der Waals surface area contributed by atoms with Gasteiger partial charge in [0.15, 0.2) is 5.11 Å². The zero-order valence-electron chi connectivity index (χ0n) is 12.1. The number of thiocarbonyl (C=S) groups is 1. The van der Waals surface area contributed by atoms with Crippen LogP contribution in [0.25, 0.3) is 0 Å². The standard InChI is InChI=1S/C14H20N2O3S/c1-9(2)16-14(20)15-8-10-5-6-12(18-3)11(7-10)13(17)19-4/h5-7,9H,8H2,1-4H3,(H2,15,16,20). The highest BCUT2D eigenvalue weighted by atomic mass is 32.1. The van der Waals surface area contributed by atoms with Crippen LogP contribution in [0.15, 0.2) is 18.2 Å². The van der Waals surface area contributed by atoms with Crippen molar-refractivity contribution in [2.45, 2.75) is 26.4 Å². The van der Waals surface area contributed by atoms with Gasteiger partial charge in [-0.3, -0.25) is 0 Å². The number of nitrogens with one attached hydrogen (secondary N) is 2. The van der Waals surface area contributed by atoms with Gasteiger partial charge in [-0.25, -0.2) is 4.79 Å². The van der Waals surface area contributed by atoms with E-state index in [0.29, 0.717) is 23.0 Å². The predicted octanol–water partition coefficient (Wildman–Crippen LogP) is 1.85. The Balaban J connectivity index is 2.77. The molecular formula is C14H20N2O3S. The van der Waals surface area contributed by atoms with Crippen LogP contribution in [0, 0.1) is 0 Å². The van der Waals surface area contributed by atoms with E-state index in [1.807, 2.05) is 19.9 Å². The number of esters is 1. The van der Waals surface area contributed by atoms with Crippen molar-refractivity contribution >= 4 is 23.3 Å². The molecule has 1 aromatic rings. The van der Waals surface area contributed by atoms with Gasteiger partial charge >= 0.3 is 5.97 Å². The molecule has 0 saturated heterocycles. The predicted molar refractivity (Wildman–Crippen MR) is 82.0 cm³/mol. The second-order valence-electron chi connectivity index (χ2n) is 4.51. The summed E-state index contributed by atoms with van der Waals surface area (Å²) in [7, 11) is 2.86. The number of methoxy groups -OCH3 is 2. The van der Waals surface area contributed by atoms with Gasteiger partial charge in [-0.15, -0.1) is 0 Å². The molecule has 110 valence electrons. The lowest BCUT2D eigenvalue weighted by Gasteiger charge is -2.14. The van der Waals surface area contributed by atoms with Gasteiger partial charge in [-0.1, -0.05) is 6.07 Å². The maximum Gasteiger partial charge on any atom is 0.341 e. The first kappa shape index (κ1) is 16.2. The van der Waals surface area contributed by atoms with Crippen molar-refractivity contribution in [3.8, 4) is 5.75 Å². The van der Waals surface area contributed by atoms with E-state index in [9.17, 15) is 4.79 Å². The van der Waals surface area contributed by atoms with Gasteiger partial charge in [0, 0.05) is 12.6 Å². The number of benzene rings is 1. The van der Waals surface area contributed by atoms with E-state index in [2.05, 4.69) is 10.6 Å². The van der Waals surface area contributed by atoms with Crippen LogP contribution in [0.3, 0.4) is 0 Å². The minimum absolute atomic E-state index is 0.275. The summed E-state index contributed by atoms with van der Waals surface area (Å²) in [6.45, 7) is 4.54. The third kappa shape index (κ3) is 4.70. The Kier molecular flexibility index (Phi) is 6.24. The number of rotatable bonds is 5. The zero-order chi connectivity index (χ0) is 15.1. The molecule has 0 aromatic heterocycles. The lowest BCUT2D eigenvalue weighted by Crippen LogP contribution is -2.38. The van der Waals surface area contributed by atoms with Crippen LogP contribution >= 0.6 is 12.2 Å². The largest absolute Gasteiger partial charge is 0.496 e. The van der Waals surface area contributed by atoms with E-state index in [1.165, 1.54) is 14.2 Å². The number of hydrogen-bond donors (Lipinski definition) is 2. The molecule has 0 bridgehead atoms. The van der Waals surface area contributed by atoms with Crippen LogP contribution in [0.4, 0.5) is 0 Å². The third-order valence-electron chi connectivity index (χ3n) is 2.54. The number of hydrogen-bond acceptors (Lipinski definition) is 4. The summed E-state index contributed by atoms with van der Waals surface area (Å²) >= 11 is 5.15. The Bertz CT molecular complexity index is 489. The number of carbonyl (C=O) groups excluding carboxylic acids is 1. The van der Waals surface area contributed by atoms with E-state index < -0.39 is 5.97 Å². The lowest BCUT2D eigenvalue weighted by molar-refractivity contribution is 0.0597. The smallest absolute Gasteiger partial charge is 0.341 e. The second-order valence-corrected chi connectivity index (χ2v) is 4.92. The van der Waals surface area contributed by atoms with Gasteiger partial charge in [0.05, 0.1) is 14.2 Å². The summed E-state index contributed by atoms with van der Waals surface area (Å²) in [4.78, 5) is 11.7. The molecular weight excluding hydrogens is 276 g/mol. The van der Waals surface area contributed by atoms with Crippen LogP contribution in [-0.2, 0) is 11.3 Å². The molecule has 0 heterocycles. The average molecular weight is 296 g/mol. The molecule has 0 atom stereocenters. The Hall–Kier alpha value is -1.82. The zero-order valence-corrected chi connectivity index (χ0v) is 13.0. The summed E-state index contributed by atoms with van der Waals surface area (Å²) in [6.07, 6.45) is 0. The Morgan fingerprint density at radius 1 is 1.35 bits per heavy atom. The number of ether oxygens (including phenoxy) is 2. The average Bonchev–Trinajstić information content (AvgIpc) is 2.43. The highest BCUT2D eigenvalue weighted by molar-refractivity contribution is 7.80. The number of carbonyl (C=O) groups is 1. The van der Waals surface area contributed by atoms with Crippen molar-refractivity contribution in [3.05, 3.63) is 29.3 Å². The molecule has 0 saturated carbocycles. The second kappa shape index (κ2) is 7.69. The van der Waals surface area contributed by atoms with Crippen LogP contribution in [0.1, 0.15) is 29.8 Å². The van der Waals surface area contributed by atoms with Crippen LogP contribution in [0.2, 0.25) is 0 Å². The van der Waals surface area contributed by atoms with Gasteiger partial charge in [-0.2, -0.15) is 0 Å². The molecule has 1 rings (SSSR count). The fourth-order valence-corrected chi connectivity index (χ4v) is 1.94. The van der Waals surface area contributed by atoms with Gasteiger partial charge < -0.3 is 20.1 Å². The Labute approximate surface area is 124 Å². The highest BCUT2D eigenvalue weighted by Gasteiger charge is 2.13. The fraction of sp³-hybridized carbons (Fsp3) is 0.429. The first-order valence-electron chi connectivity index (χ1n) is 6.27. The van der Waals surface area contributed by atoms with E-state index >= 15 is 0 Å². The van der Waals surface area contributed by atoms with Crippen molar-refractivity contribution in [1.82, 2.24) is 10.6 Å². The summed E-state index contributed by atoms with van der Waals surface area (Å²) < 4.78 is 9.88. The monoisotopic (exact) mass is 296 g/mol. The van der Waals surface area contributed by atoms with Gasteiger partial charge in [0.2, 0.25) is 0 Å². The topological polar surface area (TPSA) is 59.6 Å². The van der Waals surface area contributed by atoms with E-state index in [-0.39, 0.29) is 6.04 Å². The van der Waals surface area contributed by atoms with E-state index in [1.54, 1.807) is 12.1 Å². The van der Waals surface area contributed by atoms with Crippen molar-refractivity contribution in [2.24, 2.45) is 0 Å². The maximum absolute atomic E-state index is 11.7. The Morgan fingerprint density at radius 2 is 2.05 bits per heavy atom. The fourth-order valence-electron chi connectivity index (χ4n) is 1.63. The SMILES string of the molecule is COC(=O)c1cc(CNC(=S)NC(C)C)ccc1OC. The first-order valence-corrected chi connectivity index (χ1v) is 6.68. The van der Waals surface area contributed by atoms with Crippen molar-refractivity contribution < 1.29 is 14.3 Å². The van der Waals surface area contributed by atoms with Gasteiger partial charge in [-0.05, 0) is 43.8 Å². The summed E-state index contributed by atoms with van der Waals surface area (Å²) in [5.41, 5.74) is 1.32. The van der Waals surface area contributed by atoms with Crippen molar-refractivity contribution in [3.63, 3.8) is 0 Å². The highest BCUT2D eigenvalue weighted by Crippen LogP contribution is 2.20. The van der Waals surface area contributed by atoms with E-state index in [0.717, 1.165) is 5.56 Å². The maximum atomic E-state index is 11.7. The molecule has 0 unspecified atom stereocenters. The van der Waals surface area contributed by atoms with Gasteiger partial charge in [0.1, 0.15) is 11.3 Å². The minimum Gasteiger partial charge on any atom is -0.496 e. The molecule has 1 aromatic carbocycles.